The van der Waals surface area contributed by atoms with E-state index < -0.39 is 0 Å². The second-order valence-electron chi connectivity index (χ2n) is 2.20. The van der Waals surface area contributed by atoms with E-state index in [1.807, 2.05) is 147 Å². The Morgan fingerprint density at radius 3 is 0.964 bits per heavy atom. The van der Waals surface area contributed by atoms with Crippen molar-refractivity contribution >= 4 is 11.8 Å². The lowest BCUT2D eigenvalue weighted by Gasteiger charge is -1.76. The fraction of sp³-hybridized carbons (Fsp3) is 0.760. The Balaban J connectivity index is -0.0000000169. The van der Waals surface area contributed by atoms with Crippen molar-refractivity contribution in [2.45, 2.75) is 111 Å². The lowest BCUT2D eigenvalue weighted by Crippen LogP contribution is -1.89. The highest BCUT2D eigenvalue weighted by molar-refractivity contribution is 8.01. The van der Waals surface area contributed by atoms with Crippen LogP contribution in [0.5, 0.6) is 0 Å². The zero-order chi connectivity index (χ0) is 24.4. The maximum atomic E-state index is 4.51. The van der Waals surface area contributed by atoms with Crippen LogP contribution in [0.1, 0.15) is 111 Å². The van der Waals surface area contributed by atoms with E-state index >= 15 is 0 Å². The second kappa shape index (κ2) is 248. The lowest BCUT2D eigenvalue weighted by molar-refractivity contribution is 0.337. The highest BCUT2D eigenvalue weighted by Gasteiger charge is 1.51. The van der Waals surface area contributed by atoms with Crippen LogP contribution in [0.15, 0.2) is 36.1 Å². The second-order valence-corrected chi connectivity index (χ2v) is 2.94. The fourth-order valence-corrected chi connectivity index (χ4v) is 0.711. The molecule has 0 saturated heterocycles. The number of ether oxygens (including phenoxy) is 1. The summed E-state index contributed by atoms with van der Waals surface area (Å²) in [6.45, 7) is 29.9. The van der Waals surface area contributed by atoms with Crippen molar-refractivity contribution in [2.24, 2.45) is 0 Å². The molecular formula is C25H65NOS. The fourth-order valence-electron chi connectivity index (χ4n) is 0.439. The number of hydrogen-bond acceptors (Lipinski definition) is 3. The van der Waals surface area contributed by atoms with E-state index in [0.29, 0.717) is 0 Å². The third kappa shape index (κ3) is 550. The molecule has 0 aromatic heterocycles. The topological polar surface area (TPSA) is 21.3 Å². The zero-order valence-corrected chi connectivity index (χ0v) is 23.6. The van der Waals surface area contributed by atoms with E-state index in [2.05, 4.69) is 10.1 Å². The third-order valence-electron chi connectivity index (χ3n) is 0.878. The molecule has 0 unspecified atom stereocenters. The van der Waals surface area contributed by atoms with Crippen LogP contribution < -0.4 is 5.32 Å². The van der Waals surface area contributed by atoms with Gasteiger partial charge in [-0.25, -0.2) is 0 Å². The molecular weight excluding hydrogens is 362 g/mol. The molecule has 0 aliphatic heterocycles. The molecule has 0 radical (unpaired) electrons. The quantitative estimate of drug-likeness (QED) is 0.452. The Bertz CT molecular complexity index is 128. The summed E-state index contributed by atoms with van der Waals surface area (Å²) in [5, 5.41) is 4.88. The van der Waals surface area contributed by atoms with E-state index in [1.54, 1.807) is 25.1 Å². The Hall–Kier alpha value is -0.830. The van der Waals surface area contributed by atoms with Crippen molar-refractivity contribution in [2.75, 3.05) is 20.4 Å². The first-order valence-corrected chi connectivity index (χ1v) is 12.1. The highest BCUT2D eigenvalue weighted by Crippen LogP contribution is 1.89. The predicted molar refractivity (Wildman–Crippen MR) is 149 cm³/mol. The van der Waals surface area contributed by atoms with Gasteiger partial charge < -0.3 is 10.1 Å². The molecule has 0 aromatic carbocycles. The summed E-state index contributed by atoms with van der Waals surface area (Å²) < 4.78 is 4.51. The minimum atomic E-state index is 0. The first kappa shape index (κ1) is 63.1. The Kier molecular flexibility index (Phi) is 560. The van der Waals surface area contributed by atoms with Crippen molar-refractivity contribution in [3.8, 4) is 0 Å². The Morgan fingerprint density at radius 1 is 0.643 bits per heavy atom. The summed E-state index contributed by atoms with van der Waals surface area (Å²) in [5.74, 6) is 0. The molecule has 1 N–H and O–H groups in total. The van der Waals surface area contributed by atoms with Crippen molar-refractivity contribution in [1.29, 1.82) is 0 Å². The van der Waals surface area contributed by atoms with Gasteiger partial charge >= 0.3 is 0 Å². The van der Waals surface area contributed by atoms with Gasteiger partial charge in [0.15, 0.2) is 0 Å². The molecule has 0 rings (SSSR count). The van der Waals surface area contributed by atoms with E-state index in [-0.39, 0.29) is 7.43 Å². The van der Waals surface area contributed by atoms with Crippen molar-refractivity contribution in [3.05, 3.63) is 36.1 Å². The van der Waals surface area contributed by atoms with Gasteiger partial charge in [0.05, 0.1) is 13.4 Å². The smallest absolute Gasteiger partial charge is 0.0781 e. The minimum Gasteiger partial charge on any atom is -0.505 e. The third-order valence-corrected chi connectivity index (χ3v) is 1.42. The van der Waals surface area contributed by atoms with Crippen LogP contribution in [0.25, 0.3) is 0 Å². The lowest BCUT2D eigenvalue weighted by atomic mass is 10.7. The Labute approximate surface area is 189 Å². The van der Waals surface area contributed by atoms with Crippen molar-refractivity contribution in [3.63, 3.8) is 0 Å². The number of nitrogens with one attached hydrogen (secondary N) is 1. The monoisotopic (exact) mass is 427 g/mol. The normalized spacial score (nSPS) is 6.36. The molecule has 0 spiro atoms. The van der Waals surface area contributed by atoms with Gasteiger partial charge in [-0.05, 0) is 38.6 Å². The first-order valence-electron chi connectivity index (χ1n) is 10.8. The van der Waals surface area contributed by atoms with Gasteiger partial charge in [-0.1, -0.05) is 109 Å². The average Bonchev–Trinajstić information content (AvgIpc) is 2.79. The average molecular weight is 428 g/mol. The molecule has 0 saturated carbocycles. The van der Waals surface area contributed by atoms with Crippen LogP contribution in [0, 0.1) is 0 Å². The summed E-state index contributed by atoms with van der Waals surface area (Å²) in [5.41, 5.74) is 0. The molecule has 0 fully saturated rings. The van der Waals surface area contributed by atoms with Crippen LogP contribution in [-0.2, 0) is 4.74 Å². The molecule has 0 heterocycles. The molecule has 0 aliphatic carbocycles. The Morgan fingerprint density at radius 2 is 0.964 bits per heavy atom. The van der Waals surface area contributed by atoms with E-state index in [1.165, 1.54) is 0 Å². The molecule has 2 nitrogen and oxygen atoms in total. The van der Waals surface area contributed by atoms with Gasteiger partial charge in [-0.2, -0.15) is 0 Å². The van der Waals surface area contributed by atoms with Gasteiger partial charge in [-0.3, -0.25) is 0 Å². The van der Waals surface area contributed by atoms with Crippen LogP contribution >= 0.6 is 11.8 Å². The summed E-state index contributed by atoms with van der Waals surface area (Å²) in [6, 6.07) is 0. The van der Waals surface area contributed by atoms with E-state index in [0.717, 1.165) is 0 Å². The van der Waals surface area contributed by atoms with Crippen LogP contribution in [-0.4, -0.2) is 20.4 Å². The molecule has 182 valence electrons. The number of methoxy groups -OCH3 is 1. The number of allylic oxidation sites excluding steroid dienone is 3. The van der Waals surface area contributed by atoms with Crippen LogP contribution in [0.2, 0.25) is 0 Å². The molecule has 0 amide bonds. The van der Waals surface area contributed by atoms with Crippen LogP contribution in [0.4, 0.5) is 0 Å². The van der Waals surface area contributed by atoms with Crippen molar-refractivity contribution in [1.82, 2.24) is 5.32 Å². The summed E-state index contributed by atoms with van der Waals surface area (Å²) in [7, 11) is 3.50. The summed E-state index contributed by atoms with van der Waals surface area (Å²) in [6.07, 6.45) is 11.3. The minimum absolute atomic E-state index is 0. The predicted octanol–water partition coefficient (Wildman–Crippen LogP) is 10.6. The standard InChI is InChI=1S/C4H9N.C4H8O.C4H8S.6C2H6.CH4/c3*1-3-4-5-2;6*1-2;/h3-5H,1-2H3;2*3-4H,1-2H3;6*1-2H3;1H4/b3*4-3-;;;;;;;. The van der Waals surface area contributed by atoms with Crippen molar-refractivity contribution < 1.29 is 4.74 Å². The van der Waals surface area contributed by atoms with Gasteiger partial charge in [0.2, 0.25) is 0 Å². The highest BCUT2D eigenvalue weighted by atomic mass is 32.2. The molecule has 3 heteroatoms. The first-order chi connectivity index (χ1) is 13.2. The molecule has 0 aromatic rings. The molecule has 0 aliphatic rings. The summed E-state index contributed by atoms with van der Waals surface area (Å²) >= 11 is 1.72. The van der Waals surface area contributed by atoms with Gasteiger partial charge in [0.25, 0.3) is 0 Å². The number of thioether (sulfide) groups is 1. The zero-order valence-electron chi connectivity index (χ0n) is 22.8. The molecule has 0 atom stereocenters. The van der Waals surface area contributed by atoms with Crippen LogP contribution in [0.3, 0.4) is 0 Å². The van der Waals surface area contributed by atoms with Gasteiger partial charge in [0.1, 0.15) is 0 Å². The number of rotatable bonds is 3. The summed E-state index contributed by atoms with van der Waals surface area (Å²) in [4.78, 5) is 0. The largest absolute Gasteiger partial charge is 0.505 e. The number of hydrogen-bond donors (Lipinski definition) is 1. The maximum Gasteiger partial charge on any atom is 0.0781 e. The van der Waals surface area contributed by atoms with Gasteiger partial charge in [-0.15, -0.1) is 11.8 Å². The molecule has 0 bridgehead atoms. The maximum absolute atomic E-state index is 4.51. The molecule has 28 heavy (non-hydrogen) atoms. The SMILES string of the molecule is C.C/C=C\NC.C/C=C\OC.C/C=C\SC.CC.CC.CC.CC.CC.CC. The van der Waals surface area contributed by atoms with Gasteiger partial charge in [0, 0.05) is 7.05 Å². The van der Waals surface area contributed by atoms with E-state index in [9.17, 15) is 0 Å². The van der Waals surface area contributed by atoms with E-state index in [4.69, 9.17) is 0 Å².